The van der Waals surface area contributed by atoms with E-state index in [1.165, 1.54) is 141 Å². The van der Waals surface area contributed by atoms with Crippen LogP contribution in [0.4, 0.5) is 0 Å². The van der Waals surface area contributed by atoms with Crippen LogP contribution in [0.1, 0.15) is 239 Å². The minimum absolute atomic E-state index is 0.0540. The van der Waals surface area contributed by atoms with Crippen LogP contribution in [-0.2, 0) is 18.4 Å². The third-order valence-electron chi connectivity index (χ3n) is 12.5. The van der Waals surface area contributed by atoms with E-state index in [0.717, 1.165) is 77.0 Å². The molecule has 3 unspecified atom stereocenters. The topological polar surface area (TPSA) is 105 Å². The molecule has 0 rings (SSSR count). The van der Waals surface area contributed by atoms with Crippen LogP contribution in [-0.4, -0.2) is 73.4 Å². The van der Waals surface area contributed by atoms with Crippen LogP contribution in [0, 0.1) is 0 Å². The van der Waals surface area contributed by atoms with Gasteiger partial charge >= 0.3 is 7.82 Å². The van der Waals surface area contributed by atoms with E-state index in [-0.39, 0.29) is 19.1 Å². The van der Waals surface area contributed by atoms with Gasteiger partial charge in [-0.1, -0.05) is 246 Å². The number of carbonyl (C=O) groups excluding carboxylic acids is 1. The van der Waals surface area contributed by atoms with Gasteiger partial charge in [0.15, 0.2) is 0 Å². The first-order chi connectivity index (χ1) is 34.5. The Balaban J connectivity index is 3.90. The number of nitrogens with zero attached hydrogens (tertiary/aromatic N) is 1. The lowest BCUT2D eigenvalue weighted by Crippen LogP contribution is -2.45. The minimum Gasteiger partial charge on any atom is -0.387 e. The van der Waals surface area contributed by atoms with Gasteiger partial charge in [-0.3, -0.25) is 13.8 Å². The van der Waals surface area contributed by atoms with Crippen molar-refractivity contribution in [3.63, 3.8) is 0 Å². The van der Waals surface area contributed by atoms with E-state index in [1.807, 2.05) is 27.2 Å². The molecule has 8 nitrogen and oxygen atoms in total. The van der Waals surface area contributed by atoms with Crippen molar-refractivity contribution in [3.8, 4) is 0 Å². The standard InChI is InChI=1S/C62H111N2O6P/c1-6-8-10-12-14-16-18-19-20-21-22-23-24-25-26-27-28-29-30-31-32-33-34-35-36-37-38-39-40-41-42-43-44-45-46-48-50-52-54-56-62(66)63-60(59-70-71(67,68)69-58-57-64(3,4)5)61(65)55-53-51-49-47-17-15-13-11-9-7-2/h8,10,14,16-17,19-20,22-23,25-26,28-29,47,53,55,60-61,65H,6-7,9,11-13,15,18,21,24,27,30-46,48-52,54,56-59H2,1-5H3,(H-,63,66,67,68)/p+1/b10-8-,16-14-,20-19-,23-22-,26-25-,29-28-,47-17+,55-53+. The lowest BCUT2D eigenvalue weighted by atomic mass is 10.0. The molecule has 410 valence electrons. The van der Waals surface area contributed by atoms with Crippen molar-refractivity contribution in [2.75, 3.05) is 40.9 Å². The maximum Gasteiger partial charge on any atom is 0.472 e. The molecular formula is C62H112N2O6P+. The lowest BCUT2D eigenvalue weighted by Gasteiger charge is -2.25. The number of nitrogens with one attached hydrogen (secondary N) is 1. The molecule has 0 aliphatic rings. The molecule has 0 aromatic carbocycles. The highest BCUT2D eigenvalue weighted by Crippen LogP contribution is 2.43. The molecule has 0 aromatic heterocycles. The van der Waals surface area contributed by atoms with Gasteiger partial charge in [-0.05, 0) is 83.5 Å². The molecule has 0 aliphatic carbocycles. The fourth-order valence-corrected chi connectivity index (χ4v) is 8.74. The Hall–Kier alpha value is -2.58. The van der Waals surface area contributed by atoms with Crippen LogP contribution in [0.15, 0.2) is 97.2 Å². The van der Waals surface area contributed by atoms with E-state index >= 15 is 0 Å². The van der Waals surface area contributed by atoms with E-state index in [1.54, 1.807) is 6.08 Å². The van der Waals surface area contributed by atoms with Gasteiger partial charge in [0, 0.05) is 6.42 Å². The van der Waals surface area contributed by atoms with Crippen LogP contribution in [0.2, 0.25) is 0 Å². The van der Waals surface area contributed by atoms with E-state index in [9.17, 15) is 19.4 Å². The number of phosphoric ester groups is 1. The van der Waals surface area contributed by atoms with Gasteiger partial charge in [0.2, 0.25) is 5.91 Å². The fraction of sp³-hybridized carbons (Fsp3) is 0.726. The summed E-state index contributed by atoms with van der Waals surface area (Å²) in [7, 11) is 1.55. The lowest BCUT2D eigenvalue weighted by molar-refractivity contribution is -0.870. The second-order valence-corrected chi connectivity index (χ2v) is 22.1. The molecule has 3 atom stereocenters. The predicted molar refractivity (Wildman–Crippen MR) is 309 cm³/mol. The van der Waals surface area contributed by atoms with Crippen molar-refractivity contribution >= 4 is 13.7 Å². The quantitative estimate of drug-likeness (QED) is 0.0243. The van der Waals surface area contributed by atoms with E-state index < -0.39 is 20.0 Å². The number of hydrogen-bond acceptors (Lipinski definition) is 5. The minimum atomic E-state index is -4.35. The zero-order valence-electron chi connectivity index (χ0n) is 46.7. The number of aliphatic hydroxyl groups is 1. The van der Waals surface area contributed by atoms with E-state index in [0.29, 0.717) is 17.4 Å². The number of carbonyl (C=O) groups is 1. The summed E-state index contributed by atoms with van der Waals surface area (Å²) in [5.41, 5.74) is 0. The zero-order valence-corrected chi connectivity index (χ0v) is 47.6. The monoisotopic (exact) mass is 1010 g/mol. The summed E-state index contributed by atoms with van der Waals surface area (Å²) in [6.45, 7) is 4.64. The summed E-state index contributed by atoms with van der Waals surface area (Å²) >= 11 is 0. The number of amides is 1. The number of quaternary nitrogens is 1. The Kier molecular flexibility index (Phi) is 50.4. The first-order valence-corrected chi connectivity index (χ1v) is 30.6. The molecule has 0 aliphatic heterocycles. The second-order valence-electron chi connectivity index (χ2n) is 20.6. The molecule has 0 fully saturated rings. The third-order valence-corrected chi connectivity index (χ3v) is 13.5. The number of aliphatic hydroxyl groups excluding tert-OH is 1. The second kappa shape index (κ2) is 52.3. The summed E-state index contributed by atoms with van der Waals surface area (Å²) in [6.07, 6.45) is 75.4. The van der Waals surface area contributed by atoms with Gasteiger partial charge in [-0.25, -0.2) is 4.57 Å². The molecular weight excluding hydrogens is 900 g/mol. The van der Waals surface area contributed by atoms with Crippen LogP contribution in [0.5, 0.6) is 0 Å². The number of hydrogen-bond donors (Lipinski definition) is 3. The highest BCUT2D eigenvalue weighted by Gasteiger charge is 2.27. The average molecular weight is 1010 g/mol. The average Bonchev–Trinajstić information content (AvgIpc) is 3.33. The first kappa shape index (κ1) is 68.4. The highest BCUT2D eigenvalue weighted by atomic mass is 31.2. The normalized spacial score (nSPS) is 14.6. The van der Waals surface area contributed by atoms with Crippen molar-refractivity contribution in [1.82, 2.24) is 5.32 Å². The molecule has 0 aromatic rings. The van der Waals surface area contributed by atoms with Crippen molar-refractivity contribution < 1.29 is 32.9 Å². The van der Waals surface area contributed by atoms with Crippen molar-refractivity contribution in [2.24, 2.45) is 0 Å². The summed E-state index contributed by atoms with van der Waals surface area (Å²) in [6, 6.07) is -0.864. The molecule has 3 N–H and O–H groups in total. The molecule has 71 heavy (non-hydrogen) atoms. The van der Waals surface area contributed by atoms with Crippen LogP contribution < -0.4 is 5.32 Å². The molecule has 9 heteroatoms. The van der Waals surface area contributed by atoms with Crippen LogP contribution in [0.25, 0.3) is 0 Å². The highest BCUT2D eigenvalue weighted by molar-refractivity contribution is 7.47. The number of allylic oxidation sites excluding steroid dienone is 15. The van der Waals surface area contributed by atoms with Gasteiger partial charge in [0.25, 0.3) is 0 Å². The van der Waals surface area contributed by atoms with E-state index in [4.69, 9.17) is 9.05 Å². The first-order valence-electron chi connectivity index (χ1n) is 29.1. The summed E-state index contributed by atoms with van der Waals surface area (Å²) in [5.74, 6) is -0.189. The Bertz CT molecular complexity index is 1470. The van der Waals surface area contributed by atoms with Gasteiger partial charge < -0.3 is 19.8 Å². The Morgan fingerprint density at radius 2 is 0.859 bits per heavy atom. The molecule has 1 amide bonds. The number of rotatable bonds is 52. The van der Waals surface area contributed by atoms with Crippen molar-refractivity contribution in [2.45, 2.75) is 251 Å². The molecule has 0 spiro atoms. The SMILES string of the molecule is CC/C=C\C/C=C\C/C=C\C/C=C\C/C=C\C/C=C\CCCCCCCCCCCCCCCCCCCCCCC(=O)NC(COP(=O)(O)OCC[N+](C)(C)C)C(O)/C=C/CC/C=C/CCCCCC. The Morgan fingerprint density at radius 1 is 0.493 bits per heavy atom. The molecule has 0 bridgehead atoms. The maximum absolute atomic E-state index is 12.9. The van der Waals surface area contributed by atoms with Gasteiger partial charge in [-0.2, -0.15) is 0 Å². The third kappa shape index (κ3) is 55.0. The molecule has 0 radical (unpaired) electrons. The van der Waals surface area contributed by atoms with E-state index in [2.05, 4.69) is 104 Å². The predicted octanol–water partition coefficient (Wildman–Crippen LogP) is 17.8. The Labute approximate surface area is 439 Å². The van der Waals surface area contributed by atoms with Crippen molar-refractivity contribution in [3.05, 3.63) is 97.2 Å². The smallest absolute Gasteiger partial charge is 0.387 e. The van der Waals surface area contributed by atoms with Crippen LogP contribution >= 0.6 is 7.82 Å². The zero-order chi connectivity index (χ0) is 52.0. The number of phosphoric acid groups is 1. The fourth-order valence-electron chi connectivity index (χ4n) is 8.00. The van der Waals surface area contributed by atoms with Gasteiger partial charge in [0.1, 0.15) is 13.2 Å². The number of unbranched alkanes of at least 4 members (excludes halogenated alkanes) is 25. The van der Waals surface area contributed by atoms with Crippen LogP contribution in [0.3, 0.4) is 0 Å². The summed E-state index contributed by atoms with van der Waals surface area (Å²) in [4.78, 5) is 23.2. The summed E-state index contributed by atoms with van der Waals surface area (Å²) in [5, 5.41) is 13.8. The largest absolute Gasteiger partial charge is 0.472 e. The Morgan fingerprint density at radius 3 is 1.30 bits per heavy atom. The molecule has 0 saturated heterocycles. The molecule has 0 heterocycles. The number of likely N-dealkylation sites (N-methyl/N-ethyl adjacent to an activating group) is 1. The van der Waals surface area contributed by atoms with Crippen molar-refractivity contribution in [1.29, 1.82) is 0 Å². The summed E-state index contributed by atoms with van der Waals surface area (Å²) < 4.78 is 23.6. The maximum atomic E-state index is 12.9. The van der Waals surface area contributed by atoms with Gasteiger partial charge in [-0.15, -0.1) is 0 Å². The van der Waals surface area contributed by atoms with Gasteiger partial charge in [0.05, 0.1) is 39.9 Å². The molecule has 0 saturated carbocycles.